The van der Waals surface area contributed by atoms with Gasteiger partial charge in [0.2, 0.25) is 0 Å². The van der Waals surface area contributed by atoms with E-state index in [2.05, 4.69) is 65.6 Å². The number of para-hydroxylation sites is 2. The Morgan fingerprint density at radius 3 is 1.74 bits per heavy atom. The van der Waals surface area contributed by atoms with E-state index in [1.807, 2.05) is 12.1 Å². The molecule has 0 bridgehead atoms. The predicted molar refractivity (Wildman–Crippen MR) is 94.1 cm³/mol. The molecule has 1 aliphatic rings. The number of fused-ring (bicyclic) bond motifs is 2. The standard InChI is InChI=1S/C21H16FN/c22-19-13-9-16(10-14-19)15-23-20-7-3-1-5-17(20)11-12-18-6-2-4-8-21(18)23/h1-14H,15H2. The zero-order valence-electron chi connectivity index (χ0n) is 12.6. The molecule has 1 heterocycles. The van der Waals surface area contributed by atoms with E-state index >= 15 is 0 Å². The fourth-order valence-corrected chi connectivity index (χ4v) is 3.00. The average molecular weight is 301 g/mol. The Morgan fingerprint density at radius 1 is 0.652 bits per heavy atom. The summed E-state index contributed by atoms with van der Waals surface area (Å²) in [5.74, 6) is -0.202. The molecule has 1 nitrogen and oxygen atoms in total. The van der Waals surface area contributed by atoms with Crippen molar-refractivity contribution in [2.75, 3.05) is 4.90 Å². The fourth-order valence-electron chi connectivity index (χ4n) is 3.00. The molecule has 0 aliphatic carbocycles. The second-order valence-corrected chi connectivity index (χ2v) is 5.66. The summed E-state index contributed by atoms with van der Waals surface area (Å²) in [5.41, 5.74) is 5.78. The molecule has 112 valence electrons. The fraction of sp³-hybridized carbons (Fsp3) is 0.0476. The third kappa shape index (κ3) is 2.64. The summed E-state index contributed by atoms with van der Waals surface area (Å²) in [6.45, 7) is 0.704. The average Bonchev–Trinajstić information content (AvgIpc) is 2.75. The normalized spacial score (nSPS) is 12.5. The molecule has 4 rings (SSSR count). The minimum atomic E-state index is -0.202. The minimum absolute atomic E-state index is 0.202. The molecule has 1 aliphatic heterocycles. The molecule has 0 N–H and O–H groups in total. The Hall–Kier alpha value is -2.87. The van der Waals surface area contributed by atoms with Crippen molar-refractivity contribution in [2.45, 2.75) is 6.54 Å². The van der Waals surface area contributed by atoms with Gasteiger partial charge in [0.25, 0.3) is 0 Å². The number of halogens is 1. The van der Waals surface area contributed by atoms with Crippen LogP contribution in [0.25, 0.3) is 12.2 Å². The first-order valence-electron chi connectivity index (χ1n) is 7.69. The van der Waals surface area contributed by atoms with Crippen molar-refractivity contribution in [1.29, 1.82) is 0 Å². The summed E-state index contributed by atoms with van der Waals surface area (Å²) >= 11 is 0. The number of anilines is 2. The molecule has 0 saturated heterocycles. The summed E-state index contributed by atoms with van der Waals surface area (Å²) < 4.78 is 13.2. The second kappa shape index (κ2) is 5.73. The van der Waals surface area contributed by atoms with Crippen molar-refractivity contribution in [2.24, 2.45) is 0 Å². The highest BCUT2D eigenvalue weighted by molar-refractivity contribution is 5.88. The van der Waals surface area contributed by atoms with Gasteiger partial charge in [-0.05, 0) is 41.0 Å². The number of nitrogens with zero attached hydrogens (tertiary/aromatic N) is 1. The summed E-state index contributed by atoms with van der Waals surface area (Å²) in [4.78, 5) is 2.29. The van der Waals surface area contributed by atoms with Gasteiger partial charge in [-0.3, -0.25) is 0 Å². The van der Waals surface area contributed by atoms with Gasteiger partial charge in [-0.15, -0.1) is 0 Å². The van der Waals surface area contributed by atoms with Crippen LogP contribution in [-0.2, 0) is 6.54 Å². The van der Waals surface area contributed by atoms with Crippen LogP contribution >= 0.6 is 0 Å². The molecule has 0 saturated carbocycles. The van der Waals surface area contributed by atoms with E-state index in [1.165, 1.54) is 23.3 Å². The third-order valence-electron chi connectivity index (χ3n) is 4.15. The Labute approximate surface area is 135 Å². The molecule has 0 radical (unpaired) electrons. The maximum absolute atomic E-state index is 13.2. The largest absolute Gasteiger partial charge is 0.336 e. The Morgan fingerprint density at radius 2 is 1.17 bits per heavy atom. The van der Waals surface area contributed by atoms with Crippen molar-refractivity contribution >= 4 is 23.5 Å². The first kappa shape index (κ1) is 13.8. The molecule has 3 aromatic carbocycles. The van der Waals surface area contributed by atoms with Crippen LogP contribution in [-0.4, -0.2) is 0 Å². The molecule has 0 fully saturated rings. The van der Waals surface area contributed by atoms with E-state index < -0.39 is 0 Å². The number of hydrogen-bond acceptors (Lipinski definition) is 1. The highest BCUT2D eigenvalue weighted by atomic mass is 19.1. The lowest BCUT2D eigenvalue weighted by Gasteiger charge is -2.27. The van der Waals surface area contributed by atoms with E-state index in [4.69, 9.17) is 0 Å². The molecule has 0 amide bonds. The quantitative estimate of drug-likeness (QED) is 0.591. The number of rotatable bonds is 2. The molecule has 2 heteroatoms. The summed E-state index contributed by atoms with van der Waals surface area (Å²) in [5, 5.41) is 0. The summed E-state index contributed by atoms with van der Waals surface area (Å²) in [7, 11) is 0. The Kier molecular flexibility index (Phi) is 3.43. The summed E-state index contributed by atoms with van der Waals surface area (Å²) in [6, 6.07) is 23.4. The van der Waals surface area contributed by atoms with Crippen LogP contribution in [0.2, 0.25) is 0 Å². The smallest absolute Gasteiger partial charge is 0.123 e. The molecular weight excluding hydrogens is 285 g/mol. The van der Waals surface area contributed by atoms with Gasteiger partial charge in [0.1, 0.15) is 5.82 Å². The lowest BCUT2D eigenvalue weighted by molar-refractivity contribution is 0.627. The first-order chi connectivity index (χ1) is 11.3. The van der Waals surface area contributed by atoms with Crippen LogP contribution < -0.4 is 4.90 Å². The highest BCUT2D eigenvalue weighted by Gasteiger charge is 2.17. The van der Waals surface area contributed by atoms with Crippen molar-refractivity contribution in [3.8, 4) is 0 Å². The zero-order chi connectivity index (χ0) is 15.6. The lowest BCUT2D eigenvalue weighted by atomic mass is 10.1. The minimum Gasteiger partial charge on any atom is -0.336 e. The molecule has 0 atom stereocenters. The Balaban J connectivity index is 1.83. The van der Waals surface area contributed by atoms with E-state index in [0.717, 1.165) is 16.9 Å². The van der Waals surface area contributed by atoms with Crippen LogP contribution in [0.1, 0.15) is 16.7 Å². The number of hydrogen-bond donors (Lipinski definition) is 0. The van der Waals surface area contributed by atoms with Crippen LogP contribution in [0.15, 0.2) is 72.8 Å². The van der Waals surface area contributed by atoms with E-state index in [0.29, 0.717) is 6.54 Å². The van der Waals surface area contributed by atoms with Crippen LogP contribution in [0, 0.1) is 5.82 Å². The van der Waals surface area contributed by atoms with Crippen molar-refractivity contribution in [1.82, 2.24) is 0 Å². The van der Waals surface area contributed by atoms with Gasteiger partial charge in [0.15, 0.2) is 0 Å². The molecule has 0 aromatic heterocycles. The van der Waals surface area contributed by atoms with Gasteiger partial charge >= 0.3 is 0 Å². The maximum atomic E-state index is 13.2. The van der Waals surface area contributed by atoms with Crippen LogP contribution in [0.4, 0.5) is 15.8 Å². The van der Waals surface area contributed by atoms with Crippen molar-refractivity contribution < 1.29 is 4.39 Å². The van der Waals surface area contributed by atoms with Gasteiger partial charge in [-0.25, -0.2) is 4.39 Å². The molecule has 0 unspecified atom stereocenters. The maximum Gasteiger partial charge on any atom is 0.123 e. The van der Waals surface area contributed by atoms with Crippen molar-refractivity contribution in [3.63, 3.8) is 0 Å². The van der Waals surface area contributed by atoms with Gasteiger partial charge in [0, 0.05) is 17.9 Å². The van der Waals surface area contributed by atoms with E-state index in [9.17, 15) is 4.39 Å². The van der Waals surface area contributed by atoms with Crippen LogP contribution in [0.3, 0.4) is 0 Å². The van der Waals surface area contributed by atoms with Crippen LogP contribution in [0.5, 0.6) is 0 Å². The molecular formula is C21H16FN. The van der Waals surface area contributed by atoms with Gasteiger partial charge < -0.3 is 4.90 Å². The highest BCUT2D eigenvalue weighted by Crippen LogP contribution is 2.37. The predicted octanol–water partition coefficient (Wildman–Crippen LogP) is 5.65. The lowest BCUT2D eigenvalue weighted by Crippen LogP contribution is -2.17. The van der Waals surface area contributed by atoms with E-state index in [-0.39, 0.29) is 5.82 Å². The van der Waals surface area contributed by atoms with Gasteiger partial charge in [-0.2, -0.15) is 0 Å². The first-order valence-corrected chi connectivity index (χ1v) is 7.69. The summed E-state index contributed by atoms with van der Waals surface area (Å²) in [6.07, 6.45) is 4.30. The molecule has 3 aromatic rings. The number of benzene rings is 3. The van der Waals surface area contributed by atoms with Crippen molar-refractivity contribution in [3.05, 3.63) is 95.3 Å². The topological polar surface area (TPSA) is 3.24 Å². The second-order valence-electron chi connectivity index (χ2n) is 5.66. The SMILES string of the molecule is Fc1ccc(CN2c3ccccc3C=Cc3ccccc32)cc1. The third-order valence-corrected chi connectivity index (χ3v) is 4.15. The monoisotopic (exact) mass is 301 g/mol. The van der Waals surface area contributed by atoms with Gasteiger partial charge in [0.05, 0.1) is 0 Å². The van der Waals surface area contributed by atoms with Gasteiger partial charge in [-0.1, -0.05) is 60.7 Å². The molecule has 0 spiro atoms. The molecule has 23 heavy (non-hydrogen) atoms. The van der Waals surface area contributed by atoms with E-state index in [1.54, 1.807) is 0 Å². The zero-order valence-corrected chi connectivity index (χ0v) is 12.6. The Bertz CT molecular complexity index is 816.